The van der Waals surface area contributed by atoms with Crippen molar-refractivity contribution in [3.8, 4) is 0 Å². The van der Waals surface area contributed by atoms with Gasteiger partial charge < -0.3 is 25.7 Å². The number of carbonyl (C=O) groups excluding carboxylic acids is 2. The van der Waals surface area contributed by atoms with Crippen LogP contribution in [0.15, 0.2) is 42.5 Å². The maximum atomic E-state index is 12.5. The molecule has 1 aliphatic rings. The van der Waals surface area contributed by atoms with Gasteiger partial charge >= 0.3 is 18.1 Å². The first kappa shape index (κ1) is 32.1. The van der Waals surface area contributed by atoms with Crippen LogP contribution in [0.2, 0.25) is 0 Å². The first-order valence-electron chi connectivity index (χ1n) is 12.6. The normalized spacial score (nSPS) is 13.6. The van der Waals surface area contributed by atoms with Gasteiger partial charge in [0.15, 0.2) is 0 Å². The number of unbranched alkanes of at least 4 members (excludes halogenated alkanes) is 1. The molecule has 1 fully saturated rings. The minimum Gasteiger partial charge on any atom is -0.478 e. The Morgan fingerprint density at radius 2 is 1.62 bits per heavy atom. The number of piperazine rings is 1. The number of hydrogen-bond acceptors (Lipinski definition) is 6. The zero-order chi connectivity index (χ0) is 29.9. The minimum atomic E-state index is -5.08. The number of aryl methyl sites for hydroxylation is 1. The molecule has 1 aliphatic heterocycles. The van der Waals surface area contributed by atoms with Crippen molar-refractivity contribution < 1.29 is 42.6 Å². The highest BCUT2D eigenvalue weighted by molar-refractivity contribution is 6.05. The van der Waals surface area contributed by atoms with Crippen LogP contribution in [-0.2, 0) is 9.59 Å². The van der Waals surface area contributed by atoms with E-state index in [1.54, 1.807) is 24.3 Å². The van der Waals surface area contributed by atoms with Crippen LogP contribution in [0.3, 0.4) is 0 Å². The number of amides is 2. The molecular weight excluding hydrogens is 533 g/mol. The standard InChI is InChI=1S/C25H32N4O4.C2HF3O2/c1-3-4-10-26-23(30)17-28-11-13-29(14-12-28)22-9-8-20(16-21(22)25(32)33)27-24(31)19-7-5-6-18(2)15-19;3-2(4,5)1(6)7/h5-9,15-16H,3-4,10-14,17H2,1-2H3,(H,26,30)(H,27,31)(H,32,33);(H,6,7). The van der Waals surface area contributed by atoms with Crippen LogP contribution in [0.25, 0.3) is 0 Å². The molecule has 0 spiro atoms. The summed E-state index contributed by atoms with van der Waals surface area (Å²) < 4.78 is 31.7. The maximum absolute atomic E-state index is 12.5. The molecule has 0 aliphatic carbocycles. The highest BCUT2D eigenvalue weighted by Gasteiger charge is 2.38. The second-order valence-corrected chi connectivity index (χ2v) is 9.13. The summed E-state index contributed by atoms with van der Waals surface area (Å²) in [5.74, 6) is -4.06. The number of halogens is 3. The first-order chi connectivity index (χ1) is 18.8. The van der Waals surface area contributed by atoms with E-state index in [1.807, 2.05) is 24.0 Å². The van der Waals surface area contributed by atoms with E-state index in [9.17, 15) is 32.7 Å². The lowest BCUT2D eigenvalue weighted by Crippen LogP contribution is -2.49. The summed E-state index contributed by atoms with van der Waals surface area (Å²) >= 11 is 0. The van der Waals surface area contributed by atoms with Crippen LogP contribution in [-0.4, -0.2) is 84.3 Å². The molecule has 13 heteroatoms. The van der Waals surface area contributed by atoms with Crippen molar-refractivity contribution in [2.45, 2.75) is 32.9 Å². The average Bonchev–Trinajstić information content (AvgIpc) is 2.89. The van der Waals surface area contributed by atoms with Gasteiger partial charge in [-0.1, -0.05) is 31.0 Å². The number of anilines is 2. The monoisotopic (exact) mass is 566 g/mol. The molecule has 0 radical (unpaired) electrons. The lowest BCUT2D eigenvalue weighted by Gasteiger charge is -2.36. The lowest BCUT2D eigenvalue weighted by atomic mass is 10.1. The largest absolute Gasteiger partial charge is 0.490 e. The molecule has 3 rings (SSSR count). The van der Waals surface area contributed by atoms with E-state index in [-0.39, 0.29) is 17.4 Å². The number of alkyl halides is 3. The Morgan fingerprint density at radius 1 is 0.975 bits per heavy atom. The maximum Gasteiger partial charge on any atom is 0.490 e. The molecule has 10 nitrogen and oxygen atoms in total. The molecule has 0 unspecified atom stereocenters. The highest BCUT2D eigenvalue weighted by atomic mass is 19.4. The quantitative estimate of drug-likeness (QED) is 0.338. The van der Waals surface area contributed by atoms with Crippen LogP contribution in [0.4, 0.5) is 24.5 Å². The number of aliphatic carboxylic acids is 1. The molecule has 2 amide bonds. The van der Waals surface area contributed by atoms with Gasteiger partial charge in [-0.05, 0) is 43.7 Å². The molecule has 0 bridgehead atoms. The predicted molar refractivity (Wildman–Crippen MR) is 143 cm³/mol. The summed E-state index contributed by atoms with van der Waals surface area (Å²) in [7, 11) is 0. The number of rotatable bonds is 9. The van der Waals surface area contributed by atoms with E-state index in [2.05, 4.69) is 22.5 Å². The zero-order valence-corrected chi connectivity index (χ0v) is 22.3. The third-order valence-corrected chi connectivity index (χ3v) is 5.94. The number of hydrogen-bond donors (Lipinski definition) is 4. The SMILES string of the molecule is CCCCNC(=O)CN1CCN(c2ccc(NC(=O)c3cccc(C)c3)cc2C(=O)O)CC1.O=C(O)C(F)(F)F. The van der Waals surface area contributed by atoms with Gasteiger partial charge in [0.2, 0.25) is 5.91 Å². The number of benzene rings is 2. The molecule has 4 N–H and O–H groups in total. The number of aromatic carboxylic acids is 1. The van der Waals surface area contributed by atoms with Crippen molar-refractivity contribution in [3.05, 3.63) is 59.2 Å². The lowest BCUT2D eigenvalue weighted by molar-refractivity contribution is -0.192. The third kappa shape index (κ3) is 10.2. The number of carboxylic acid groups (broad SMARTS) is 2. The van der Waals surface area contributed by atoms with E-state index in [0.29, 0.717) is 56.2 Å². The van der Waals surface area contributed by atoms with E-state index >= 15 is 0 Å². The molecule has 1 heterocycles. The number of carbonyl (C=O) groups is 4. The van der Waals surface area contributed by atoms with Crippen LogP contribution >= 0.6 is 0 Å². The summed E-state index contributed by atoms with van der Waals surface area (Å²) in [4.78, 5) is 49.5. The fraction of sp³-hybridized carbons (Fsp3) is 0.407. The fourth-order valence-corrected chi connectivity index (χ4v) is 3.86. The fourth-order valence-electron chi connectivity index (χ4n) is 3.86. The van der Waals surface area contributed by atoms with Crippen LogP contribution in [0, 0.1) is 6.92 Å². The number of carboxylic acids is 2. The second kappa shape index (κ2) is 14.9. The third-order valence-electron chi connectivity index (χ3n) is 5.94. The van der Waals surface area contributed by atoms with Crippen LogP contribution < -0.4 is 15.5 Å². The Labute approximate surface area is 229 Å². The van der Waals surface area contributed by atoms with Gasteiger partial charge in [0.25, 0.3) is 5.91 Å². The molecule has 1 saturated heterocycles. The number of nitrogens with one attached hydrogen (secondary N) is 2. The molecule has 0 saturated carbocycles. The van der Waals surface area contributed by atoms with Crippen LogP contribution in [0.5, 0.6) is 0 Å². The van der Waals surface area contributed by atoms with Gasteiger partial charge in [0.05, 0.1) is 17.8 Å². The van der Waals surface area contributed by atoms with Crippen molar-refractivity contribution in [1.29, 1.82) is 0 Å². The Kier molecular flexibility index (Phi) is 11.9. The van der Waals surface area contributed by atoms with Crippen molar-refractivity contribution >= 4 is 35.1 Å². The molecule has 2 aromatic rings. The van der Waals surface area contributed by atoms with E-state index in [0.717, 1.165) is 18.4 Å². The number of nitrogens with zero attached hydrogens (tertiary/aromatic N) is 2. The molecule has 0 atom stereocenters. The molecule has 40 heavy (non-hydrogen) atoms. The van der Waals surface area contributed by atoms with Gasteiger partial charge in [-0.3, -0.25) is 14.5 Å². The van der Waals surface area contributed by atoms with Crippen molar-refractivity contribution in [1.82, 2.24) is 10.2 Å². The summed E-state index contributed by atoms with van der Waals surface area (Å²) in [5, 5.41) is 22.6. The highest BCUT2D eigenvalue weighted by Crippen LogP contribution is 2.26. The summed E-state index contributed by atoms with van der Waals surface area (Å²) in [6.07, 6.45) is -3.07. The summed E-state index contributed by atoms with van der Waals surface area (Å²) in [5.41, 5.74) is 2.68. The molecule has 0 aromatic heterocycles. The molecular formula is C27H33F3N4O6. The Bertz CT molecular complexity index is 1200. The Morgan fingerprint density at radius 3 is 2.17 bits per heavy atom. The minimum absolute atomic E-state index is 0.0248. The van der Waals surface area contributed by atoms with Crippen molar-refractivity contribution in [2.75, 3.05) is 49.5 Å². The molecule has 218 valence electrons. The van der Waals surface area contributed by atoms with E-state index in [1.165, 1.54) is 6.07 Å². The van der Waals surface area contributed by atoms with Gasteiger partial charge in [-0.25, -0.2) is 9.59 Å². The smallest absolute Gasteiger partial charge is 0.478 e. The second-order valence-electron chi connectivity index (χ2n) is 9.13. The van der Waals surface area contributed by atoms with Crippen molar-refractivity contribution in [3.63, 3.8) is 0 Å². The van der Waals surface area contributed by atoms with Gasteiger partial charge in [-0.2, -0.15) is 13.2 Å². The van der Waals surface area contributed by atoms with Gasteiger partial charge in [-0.15, -0.1) is 0 Å². The molecule has 2 aromatic carbocycles. The Hall–Kier alpha value is -4.13. The topological polar surface area (TPSA) is 139 Å². The first-order valence-corrected chi connectivity index (χ1v) is 12.6. The van der Waals surface area contributed by atoms with Crippen molar-refractivity contribution in [2.24, 2.45) is 0 Å². The summed E-state index contributed by atoms with van der Waals surface area (Å²) in [6.45, 7) is 7.64. The average molecular weight is 567 g/mol. The zero-order valence-electron chi connectivity index (χ0n) is 22.3. The van der Waals surface area contributed by atoms with Gasteiger partial charge in [0.1, 0.15) is 0 Å². The van der Waals surface area contributed by atoms with E-state index in [4.69, 9.17) is 9.90 Å². The van der Waals surface area contributed by atoms with E-state index < -0.39 is 18.1 Å². The Balaban J connectivity index is 0.000000708. The van der Waals surface area contributed by atoms with Gasteiger partial charge in [0, 0.05) is 44.0 Å². The predicted octanol–water partition coefficient (Wildman–Crippen LogP) is 3.62. The summed E-state index contributed by atoms with van der Waals surface area (Å²) in [6, 6.07) is 12.2. The van der Waals surface area contributed by atoms with Crippen LogP contribution in [0.1, 0.15) is 46.0 Å².